The molecule has 2 fully saturated rings. The fourth-order valence-corrected chi connectivity index (χ4v) is 5.43. The molecule has 166 valence electrons. The maximum absolute atomic E-state index is 14.7. The lowest BCUT2D eigenvalue weighted by atomic mass is 10.2. The van der Waals surface area contributed by atoms with Crippen LogP contribution in [-0.4, -0.2) is 58.3 Å². The van der Waals surface area contributed by atoms with Gasteiger partial charge in [0.05, 0.1) is 22.8 Å². The van der Waals surface area contributed by atoms with E-state index >= 15 is 0 Å². The lowest BCUT2D eigenvalue weighted by Gasteiger charge is -2.29. The molecule has 11 heteroatoms. The molecule has 2 aliphatic heterocycles. The molecule has 0 spiro atoms. The van der Waals surface area contributed by atoms with E-state index < -0.39 is 33.9 Å². The average molecular weight is 470 g/mol. The van der Waals surface area contributed by atoms with E-state index in [4.69, 9.17) is 4.74 Å². The quantitative estimate of drug-likeness (QED) is 0.701. The summed E-state index contributed by atoms with van der Waals surface area (Å²) in [5.74, 6) is 0.916. The number of sulfonamides is 1. The van der Waals surface area contributed by atoms with Gasteiger partial charge in [-0.3, -0.25) is 4.90 Å². The predicted octanol–water partition coefficient (Wildman–Crippen LogP) is 2.82. The van der Waals surface area contributed by atoms with E-state index in [-0.39, 0.29) is 18.0 Å². The van der Waals surface area contributed by atoms with Crippen molar-refractivity contribution in [2.45, 2.75) is 11.0 Å². The summed E-state index contributed by atoms with van der Waals surface area (Å²) >= 11 is 1.83. The second kappa shape index (κ2) is 9.01. The summed E-state index contributed by atoms with van der Waals surface area (Å²) in [6.45, 7) is 1.45. The fraction of sp³-hybridized carbons (Fsp3) is 0.350. The summed E-state index contributed by atoms with van der Waals surface area (Å²) in [4.78, 5) is 15.4. The highest BCUT2D eigenvalue weighted by Gasteiger charge is 2.33. The van der Waals surface area contributed by atoms with E-state index in [0.29, 0.717) is 11.4 Å². The summed E-state index contributed by atoms with van der Waals surface area (Å²) in [5, 5.41) is 0. The Hall–Kier alpha value is -2.37. The van der Waals surface area contributed by atoms with Gasteiger partial charge in [-0.1, -0.05) is 0 Å². The molecule has 0 aliphatic carbocycles. The van der Waals surface area contributed by atoms with Crippen molar-refractivity contribution in [3.8, 4) is 0 Å². The smallest absolute Gasteiger partial charge is 0.414 e. The van der Waals surface area contributed by atoms with Gasteiger partial charge in [0.1, 0.15) is 17.7 Å². The molecule has 31 heavy (non-hydrogen) atoms. The van der Waals surface area contributed by atoms with Crippen LogP contribution < -0.4 is 14.5 Å². The normalized spacial score (nSPS) is 19.5. The largest absolute Gasteiger partial charge is 0.443 e. The summed E-state index contributed by atoms with van der Waals surface area (Å²) in [6.07, 6.45) is -1.42. The molecule has 0 aromatic heterocycles. The minimum absolute atomic E-state index is 0.0733. The van der Waals surface area contributed by atoms with Crippen LogP contribution in [0.15, 0.2) is 47.4 Å². The number of thioether (sulfide) groups is 1. The van der Waals surface area contributed by atoms with Crippen LogP contribution in [0.4, 0.5) is 25.0 Å². The molecule has 1 N–H and O–H groups in total. The van der Waals surface area contributed by atoms with Crippen molar-refractivity contribution in [2.24, 2.45) is 0 Å². The molecule has 0 radical (unpaired) electrons. The number of amides is 1. The summed E-state index contributed by atoms with van der Waals surface area (Å²) in [7, 11) is -3.88. The zero-order valence-corrected chi connectivity index (χ0v) is 18.1. The second-order valence-electron chi connectivity index (χ2n) is 7.16. The van der Waals surface area contributed by atoms with Crippen LogP contribution >= 0.6 is 11.8 Å². The molecular formula is C20H21F2N3O4S2. The lowest BCUT2D eigenvalue weighted by Crippen LogP contribution is -2.34. The number of benzene rings is 2. The van der Waals surface area contributed by atoms with Gasteiger partial charge in [0.15, 0.2) is 0 Å². The Morgan fingerprint density at radius 2 is 1.81 bits per heavy atom. The van der Waals surface area contributed by atoms with Crippen LogP contribution in [-0.2, 0) is 14.8 Å². The number of carbonyl (C=O) groups is 1. The number of nitrogens with one attached hydrogen (secondary N) is 1. The third-order valence-corrected chi connectivity index (χ3v) is 7.48. The lowest BCUT2D eigenvalue weighted by molar-refractivity contribution is 0.143. The molecule has 0 bridgehead atoms. The number of ether oxygens (including phenoxy) is 1. The maximum atomic E-state index is 14.7. The van der Waals surface area contributed by atoms with Gasteiger partial charge < -0.3 is 9.64 Å². The Morgan fingerprint density at radius 3 is 2.48 bits per heavy atom. The topological polar surface area (TPSA) is 78.9 Å². The molecule has 2 aliphatic rings. The van der Waals surface area contributed by atoms with Crippen molar-refractivity contribution in [3.05, 3.63) is 54.1 Å². The van der Waals surface area contributed by atoms with Crippen LogP contribution in [0.2, 0.25) is 0 Å². The van der Waals surface area contributed by atoms with Gasteiger partial charge in [-0.05, 0) is 42.5 Å². The first-order valence-electron chi connectivity index (χ1n) is 9.69. The number of rotatable bonds is 6. The summed E-state index contributed by atoms with van der Waals surface area (Å²) in [5.41, 5.74) is 0.849. The molecule has 1 atom stereocenters. The highest BCUT2D eigenvalue weighted by atomic mass is 32.2. The second-order valence-corrected chi connectivity index (χ2v) is 10.1. The highest BCUT2D eigenvalue weighted by Crippen LogP contribution is 2.29. The SMILES string of the molecule is O=C1O[C@@H](CNS(=O)(=O)c2ccc(F)cc2)CN1c1ccc(N2CCSCC2)c(F)c1. The van der Waals surface area contributed by atoms with E-state index in [1.807, 2.05) is 16.7 Å². The minimum atomic E-state index is -3.88. The number of nitrogens with zero attached hydrogens (tertiary/aromatic N) is 2. The van der Waals surface area contributed by atoms with Crippen molar-refractivity contribution in [3.63, 3.8) is 0 Å². The average Bonchev–Trinajstić information content (AvgIpc) is 3.14. The number of halogens is 2. The first-order valence-corrected chi connectivity index (χ1v) is 12.3. The zero-order chi connectivity index (χ0) is 22.0. The summed E-state index contributed by atoms with van der Waals surface area (Å²) < 4.78 is 59.9. The third kappa shape index (κ3) is 4.94. The minimum Gasteiger partial charge on any atom is -0.443 e. The van der Waals surface area contributed by atoms with E-state index in [9.17, 15) is 22.0 Å². The van der Waals surface area contributed by atoms with Gasteiger partial charge >= 0.3 is 6.09 Å². The molecule has 2 aromatic rings. The fourth-order valence-electron chi connectivity index (χ4n) is 3.46. The first kappa shape index (κ1) is 21.8. The molecule has 0 unspecified atom stereocenters. The molecule has 2 saturated heterocycles. The first-order chi connectivity index (χ1) is 14.8. The van der Waals surface area contributed by atoms with Crippen molar-refractivity contribution in [1.29, 1.82) is 0 Å². The van der Waals surface area contributed by atoms with Crippen molar-refractivity contribution >= 4 is 39.3 Å². The number of cyclic esters (lactones) is 1. The summed E-state index contributed by atoms with van der Waals surface area (Å²) in [6, 6.07) is 9.00. The van der Waals surface area contributed by atoms with Crippen LogP contribution in [0.3, 0.4) is 0 Å². The third-order valence-electron chi connectivity index (χ3n) is 5.09. The molecule has 4 rings (SSSR count). The number of carbonyl (C=O) groups excluding carboxylic acids is 1. The number of anilines is 2. The standard InChI is InChI=1S/C20H21F2N3O4S2/c21-14-1-4-17(5-2-14)31(27,28)23-12-16-13-25(20(26)29-16)15-3-6-19(18(22)11-15)24-7-9-30-10-8-24/h1-6,11,16,23H,7-10,12-13H2/t16-/m0/s1. The van der Waals surface area contributed by atoms with E-state index in [0.717, 1.165) is 48.9 Å². The Bertz CT molecular complexity index is 1060. The Morgan fingerprint density at radius 1 is 1.10 bits per heavy atom. The Kier molecular flexibility index (Phi) is 6.35. The van der Waals surface area contributed by atoms with Crippen molar-refractivity contribution in [1.82, 2.24) is 4.72 Å². The zero-order valence-electron chi connectivity index (χ0n) is 16.5. The predicted molar refractivity (Wildman–Crippen MR) is 115 cm³/mol. The Balaban J connectivity index is 1.40. The molecular weight excluding hydrogens is 448 g/mol. The number of hydrogen-bond acceptors (Lipinski definition) is 6. The molecule has 2 heterocycles. The van der Waals surface area contributed by atoms with Crippen LogP contribution in [0.5, 0.6) is 0 Å². The van der Waals surface area contributed by atoms with Crippen LogP contribution in [0.25, 0.3) is 0 Å². The Labute approximate surface area is 183 Å². The van der Waals surface area contributed by atoms with Gasteiger partial charge in [0.25, 0.3) is 0 Å². The van der Waals surface area contributed by atoms with Crippen molar-refractivity contribution in [2.75, 3.05) is 47.5 Å². The van der Waals surface area contributed by atoms with Crippen LogP contribution in [0, 0.1) is 11.6 Å². The highest BCUT2D eigenvalue weighted by molar-refractivity contribution is 7.99. The van der Waals surface area contributed by atoms with E-state index in [1.54, 1.807) is 12.1 Å². The number of hydrogen-bond donors (Lipinski definition) is 1. The van der Waals surface area contributed by atoms with E-state index in [2.05, 4.69) is 4.72 Å². The van der Waals surface area contributed by atoms with E-state index in [1.165, 1.54) is 11.0 Å². The molecule has 1 amide bonds. The molecule has 2 aromatic carbocycles. The molecule has 0 saturated carbocycles. The van der Waals surface area contributed by atoms with Gasteiger partial charge in [0.2, 0.25) is 10.0 Å². The van der Waals surface area contributed by atoms with Crippen LogP contribution in [0.1, 0.15) is 0 Å². The molecule has 7 nitrogen and oxygen atoms in total. The van der Waals surface area contributed by atoms with Gasteiger partial charge in [-0.2, -0.15) is 11.8 Å². The monoisotopic (exact) mass is 469 g/mol. The van der Waals surface area contributed by atoms with Gasteiger partial charge in [0, 0.05) is 31.1 Å². The maximum Gasteiger partial charge on any atom is 0.414 e. The van der Waals surface area contributed by atoms with Gasteiger partial charge in [-0.25, -0.2) is 26.7 Å². The van der Waals surface area contributed by atoms with Crippen molar-refractivity contribution < 1.29 is 26.7 Å². The van der Waals surface area contributed by atoms with Gasteiger partial charge in [-0.15, -0.1) is 0 Å².